The quantitative estimate of drug-likeness (QED) is 0.563. The van der Waals surface area contributed by atoms with Crippen LogP contribution in [0, 0.1) is 6.92 Å². The minimum absolute atomic E-state index is 0.0192. The normalized spacial score (nSPS) is 14.1. The fourth-order valence-corrected chi connectivity index (χ4v) is 3.65. The molecule has 30 heavy (non-hydrogen) atoms. The number of benzene rings is 2. The molecule has 0 fully saturated rings. The Morgan fingerprint density at radius 2 is 2.03 bits per heavy atom. The van der Waals surface area contributed by atoms with Crippen molar-refractivity contribution in [2.24, 2.45) is 0 Å². The Morgan fingerprint density at radius 3 is 2.73 bits per heavy atom. The number of ketones is 2. The first-order chi connectivity index (χ1) is 14.4. The number of methoxy groups -OCH3 is 1. The van der Waals surface area contributed by atoms with Crippen LogP contribution >= 0.6 is 0 Å². The third kappa shape index (κ3) is 3.34. The van der Waals surface area contributed by atoms with Crippen molar-refractivity contribution in [2.45, 2.75) is 27.3 Å². The molecule has 1 aliphatic heterocycles. The lowest BCUT2D eigenvalue weighted by Gasteiger charge is -2.10. The van der Waals surface area contributed by atoms with Crippen LogP contribution in [-0.4, -0.2) is 29.9 Å². The third-order valence-corrected chi connectivity index (χ3v) is 5.21. The van der Waals surface area contributed by atoms with Gasteiger partial charge in [-0.15, -0.1) is 0 Å². The highest BCUT2D eigenvalue weighted by molar-refractivity contribution is 6.15. The Morgan fingerprint density at radius 1 is 1.23 bits per heavy atom. The number of carbonyl (C=O) groups is 2. The Bertz CT molecular complexity index is 1200. The van der Waals surface area contributed by atoms with Gasteiger partial charge in [0.15, 0.2) is 11.5 Å². The van der Waals surface area contributed by atoms with Gasteiger partial charge in [-0.25, -0.2) is 0 Å². The van der Waals surface area contributed by atoms with Gasteiger partial charge in [0.2, 0.25) is 5.78 Å². The number of aromatic nitrogens is 1. The second kappa shape index (κ2) is 7.71. The molecule has 0 amide bonds. The molecule has 3 aromatic rings. The lowest BCUT2D eigenvalue weighted by Crippen LogP contribution is -2.07. The van der Waals surface area contributed by atoms with E-state index >= 15 is 0 Å². The molecule has 0 spiro atoms. The Balaban J connectivity index is 1.74. The van der Waals surface area contributed by atoms with E-state index in [9.17, 15) is 9.59 Å². The maximum Gasteiger partial charge on any atom is 0.231 e. The summed E-state index contributed by atoms with van der Waals surface area (Å²) in [7, 11) is 1.63. The molecule has 1 aliphatic rings. The van der Waals surface area contributed by atoms with E-state index in [4.69, 9.17) is 14.2 Å². The molecule has 6 nitrogen and oxygen atoms in total. The molecule has 2 heterocycles. The summed E-state index contributed by atoms with van der Waals surface area (Å²) in [6.07, 6.45) is 3.77. The highest BCUT2D eigenvalue weighted by Crippen LogP contribution is 2.40. The number of fused-ring (bicyclic) bond motifs is 2. The molecule has 0 atom stereocenters. The van der Waals surface area contributed by atoms with Gasteiger partial charge in [-0.05, 0) is 57.2 Å². The van der Waals surface area contributed by atoms with Crippen LogP contribution in [0.1, 0.15) is 35.3 Å². The second-order valence-corrected chi connectivity index (χ2v) is 7.25. The van der Waals surface area contributed by atoms with Gasteiger partial charge in [0, 0.05) is 34.8 Å². The lowest BCUT2D eigenvalue weighted by atomic mass is 10.1. The van der Waals surface area contributed by atoms with Crippen LogP contribution in [0.15, 0.2) is 42.3 Å². The predicted octanol–water partition coefficient (Wildman–Crippen LogP) is 4.56. The van der Waals surface area contributed by atoms with Gasteiger partial charge in [0.05, 0.1) is 12.7 Å². The molecule has 2 aromatic carbocycles. The van der Waals surface area contributed by atoms with Crippen molar-refractivity contribution in [3.05, 3.63) is 59.0 Å². The molecule has 0 unspecified atom stereocenters. The largest absolute Gasteiger partial charge is 0.497 e. The first-order valence-electron chi connectivity index (χ1n) is 9.80. The average Bonchev–Trinajstić information content (AvgIpc) is 3.25. The Kier molecular flexibility index (Phi) is 5.08. The first kappa shape index (κ1) is 19.8. The average molecular weight is 405 g/mol. The summed E-state index contributed by atoms with van der Waals surface area (Å²) in [5.74, 6) is 1.77. The number of hydrogen-bond acceptors (Lipinski definition) is 5. The number of nitrogens with zero attached hydrogens (tertiary/aromatic N) is 1. The van der Waals surface area contributed by atoms with Gasteiger partial charge >= 0.3 is 0 Å². The minimum atomic E-state index is -0.175. The van der Waals surface area contributed by atoms with Crippen molar-refractivity contribution in [1.82, 2.24) is 4.57 Å². The monoisotopic (exact) mass is 405 g/mol. The maximum atomic E-state index is 12.9. The zero-order valence-electron chi connectivity index (χ0n) is 17.4. The second-order valence-electron chi connectivity index (χ2n) is 7.25. The Labute approximate surface area is 174 Å². The number of ether oxygens (including phenoxy) is 3. The van der Waals surface area contributed by atoms with Crippen molar-refractivity contribution in [1.29, 1.82) is 0 Å². The fraction of sp³-hybridized carbons (Fsp3) is 0.250. The van der Waals surface area contributed by atoms with Crippen molar-refractivity contribution in [3.8, 4) is 17.2 Å². The van der Waals surface area contributed by atoms with E-state index in [2.05, 4.69) is 11.5 Å². The molecule has 0 N–H and O–H groups in total. The summed E-state index contributed by atoms with van der Waals surface area (Å²) >= 11 is 0. The summed E-state index contributed by atoms with van der Waals surface area (Å²) in [5.41, 5.74) is 3.13. The molecule has 0 radical (unpaired) electrons. The number of allylic oxidation sites excluding steroid dienone is 1. The number of rotatable bonds is 6. The molecule has 0 saturated carbocycles. The number of hydrogen-bond donors (Lipinski definition) is 0. The fourth-order valence-electron chi connectivity index (χ4n) is 3.65. The number of Topliss-reactive ketones (excluding diaryl/α,β-unsaturated/α-hetero) is 2. The first-order valence-corrected chi connectivity index (χ1v) is 9.80. The van der Waals surface area contributed by atoms with Crippen LogP contribution in [0.4, 0.5) is 0 Å². The molecule has 1 aromatic heterocycles. The molecule has 0 aliphatic carbocycles. The number of aryl methyl sites for hydroxylation is 1. The van der Waals surface area contributed by atoms with Crippen LogP contribution in [0.3, 0.4) is 0 Å². The predicted molar refractivity (Wildman–Crippen MR) is 114 cm³/mol. The van der Waals surface area contributed by atoms with E-state index in [0.717, 1.165) is 28.8 Å². The molecule has 154 valence electrons. The van der Waals surface area contributed by atoms with Gasteiger partial charge in [-0.2, -0.15) is 0 Å². The van der Waals surface area contributed by atoms with E-state index in [1.165, 1.54) is 6.92 Å². The molecular weight excluding hydrogens is 382 g/mol. The van der Waals surface area contributed by atoms with Gasteiger partial charge < -0.3 is 18.8 Å². The lowest BCUT2D eigenvalue weighted by molar-refractivity contribution is -0.118. The van der Waals surface area contributed by atoms with E-state index in [0.29, 0.717) is 22.6 Å². The van der Waals surface area contributed by atoms with Crippen molar-refractivity contribution < 1.29 is 23.8 Å². The van der Waals surface area contributed by atoms with E-state index in [1.54, 1.807) is 25.3 Å². The van der Waals surface area contributed by atoms with Gasteiger partial charge in [0.1, 0.15) is 23.9 Å². The van der Waals surface area contributed by atoms with Gasteiger partial charge in [0.25, 0.3) is 0 Å². The van der Waals surface area contributed by atoms with Crippen molar-refractivity contribution in [2.75, 3.05) is 13.7 Å². The van der Waals surface area contributed by atoms with E-state index < -0.39 is 0 Å². The van der Waals surface area contributed by atoms with Crippen molar-refractivity contribution >= 4 is 28.5 Å². The summed E-state index contributed by atoms with van der Waals surface area (Å²) in [5, 5.41) is 0.984. The molecule has 0 bridgehead atoms. The summed E-state index contributed by atoms with van der Waals surface area (Å²) < 4.78 is 19.0. The highest BCUT2D eigenvalue weighted by atomic mass is 16.5. The van der Waals surface area contributed by atoms with Crippen LogP contribution in [0.2, 0.25) is 0 Å². The standard InChI is InChI=1S/C24H23NO5/c1-5-25-12-16(19-11-17(28-4)6-8-20(19)25)10-22-23(27)18-7-9-21(29-13-14(2)26)15(3)24(18)30-22/h6-12H,5,13H2,1-4H3/b22-10-. The highest BCUT2D eigenvalue weighted by Gasteiger charge is 2.30. The SMILES string of the molecule is CCn1cc(/C=C2\Oc3c(ccc(OCC(C)=O)c3C)C2=O)c2cc(OC)ccc21. The van der Waals surface area contributed by atoms with Crippen LogP contribution in [0.25, 0.3) is 17.0 Å². The maximum absolute atomic E-state index is 12.9. The molecule has 4 rings (SSSR count). The Hall–Kier alpha value is -3.54. The minimum Gasteiger partial charge on any atom is -0.497 e. The van der Waals surface area contributed by atoms with Crippen LogP contribution in [0.5, 0.6) is 17.2 Å². The topological polar surface area (TPSA) is 66.8 Å². The van der Waals surface area contributed by atoms with Crippen LogP contribution in [-0.2, 0) is 11.3 Å². The zero-order valence-corrected chi connectivity index (χ0v) is 17.4. The van der Waals surface area contributed by atoms with Gasteiger partial charge in [-0.3, -0.25) is 9.59 Å². The summed E-state index contributed by atoms with van der Waals surface area (Å²) in [6, 6.07) is 9.27. The third-order valence-electron chi connectivity index (χ3n) is 5.21. The van der Waals surface area contributed by atoms with Crippen LogP contribution < -0.4 is 14.2 Å². The van der Waals surface area contributed by atoms with E-state index in [-0.39, 0.29) is 23.9 Å². The summed E-state index contributed by atoms with van der Waals surface area (Å²) in [6.45, 7) is 6.13. The molecule has 0 saturated heterocycles. The molecule has 6 heteroatoms. The molecular formula is C24H23NO5. The number of carbonyl (C=O) groups excluding carboxylic acids is 2. The van der Waals surface area contributed by atoms with E-state index in [1.807, 2.05) is 31.3 Å². The zero-order chi connectivity index (χ0) is 21.4. The van der Waals surface area contributed by atoms with Crippen molar-refractivity contribution in [3.63, 3.8) is 0 Å². The smallest absolute Gasteiger partial charge is 0.231 e. The summed E-state index contributed by atoms with van der Waals surface area (Å²) in [4.78, 5) is 24.2. The van der Waals surface area contributed by atoms with Gasteiger partial charge in [-0.1, -0.05) is 0 Å².